The van der Waals surface area contributed by atoms with Crippen LogP contribution >= 0.6 is 11.3 Å². The predicted octanol–water partition coefficient (Wildman–Crippen LogP) is 3.11. The van der Waals surface area contributed by atoms with E-state index in [2.05, 4.69) is 22.4 Å². The van der Waals surface area contributed by atoms with E-state index in [1.54, 1.807) is 7.05 Å². The van der Waals surface area contributed by atoms with Crippen LogP contribution in [0, 0.1) is 6.92 Å². The molecular weight excluding hydrogens is 334 g/mol. The lowest BCUT2D eigenvalue weighted by Crippen LogP contribution is -2.50. The Morgan fingerprint density at radius 3 is 2.64 bits per heavy atom. The maximum atomic E-state index is 13.0. The summed E-state index contributed by atoms with van der Waals surface area (Å²) in [4.78, 5) is 30.8. The van der Waals surface area contributed by atoms with Crippen LogP contribution in [-0.4, -0.2) is 15.5 Å². The first-order valence-electron chi connectivity index (χ1n) is 8.35. The van der Waals surface area contributed by atoms with E-state index in [1.807, 2.05) is 25.1 Å². The Balaban J connectivity index is 1.72. The number of thiophene rings is 1. The lowest BCUT2D eigenvalue weighted by Gasteiger charge is -2.43. The number of hydrogen-bond acceptors (Lipinski definition) is 4. The molecule has 0 radical (unpaired) electrons. The van der Waals surface area contributed by atoms with Crippen LogP contribution in [0.15, 0.2) is 41.5 Å². The molecule has 128 valence electrons. The summed E-state index contributed by atoms with van der Waals surface area (Å²) in [6.07, 6.45) is 4.47. The fraction of sp³-hybridized carbons (Fsp3) is 0.316. The van der Waals surface area contributed by atoms with Crippen molar-refractivity contribution in [2.45, 2.75) is 31.7 Å². The molecule has 0 saturated heterocycles. The monoisotopic (exact) mass is 353 g/mol. The van der Waals surface area contributed by atoms with Gasteiger partial charge in [-0.15, -0.1) is 11.3 Å². The first kappa shape index (κ1) is 16.0. The van der Waals surface area contributed by atoms with Crippen LogP contribution in [-0.2, 0) is 12.6 Å². The van der Waals surface area contributed by atoms with Crippen LogP contribution in [0.25, 0.3) is 10.2 Å². The Labute approximate surface area is 149 Å². The smallest absolute Gasteiger partial charge is 0.262 e. The molecule has 0 aliphatic heterocycles. The topological polar surface area (TPSA) is 64.0 Å². The molecule has 1 amide bonds. The molecule has 4 rings (SSSR count). The van der Waals surface area contributed by atoms with Gasteiger partial charge in [-0.05, 0) is 37.3 Å². The molecule has 0 unspecified atom stereocenters. The number of fused-ring (bicyclic) bond motifs is 1. The third-order valence-electron chi connectivity index (χ3n) is 5.10. The minimum atomic E-state index is -0.292. The van der Waals surface area contributed by atoms with Crippen LogP contribution in [0.4, 0.5) is 0 Å². The Hall–Kier alpha value is -2.47. The summed E-state index contributed by atoms with van der Waals surface area (Å²) < 4.78 is 1.45. The molecule has 5 nitrogen and oxygen atoms in total. The summed E-state index contributed by atoms with van der Waals surface area (Å²) in [6.45, 7) is 1.83. The van der Waals surface area contributed by atoms with Crippen molar-refractivity contribution in [2.24, 2.45) is 7.05 Å². The molecular formula is C19H19N3O2S. The molecule has 1 aromatic carbocycles. The minimum absolute atomic E-state index is 0.112. The zero-order chi connectivity index (χ0) is 17.6. The average molecular weight is 353 g/mol. The molecule has 6 heteroatoms. The summed E-state index contributed by atoms with van der Waals surface area (Å²) >= 11 is 1.29. The quantitative estimate of drug-likeness (QED) is 0.787. The molecule has 1 fully saturated rings. The van der Waals surface area contributed by atoms with Crippen molar-refractivity contribution in [1.82, 2.24) is 14.9 Å². The second kappa shape index (κ2) is 5.81. The fourth-order valence-corrected chi connectivity index (χ4v) is 4.51. The largest absolute Gasteiger partial charge is 0.342 e. The second-order valence-electron chi connectivity index (χ2n) is 6.65. The van der Waals surface area contributed by atoms with E-state index in [1.165, 1.54) is 22.2 Å². The highest BCUT2D eigenvalue weighted by molar-refractivity contribution is 7.20. The molecule has 1 aliphatic rings. The van der Waals surface area contributed by atoms with Gasteiger partial charge >= 0.3 is 0 Å². The van der Waals surface area contributed by atoms with Gasteiger partial charge in [-0.3, -0.25) is 9.59 Å². The summed E-state index contributed by atoms with van der Waals surface area (Å²) in [5, 5.41) is 3.78. The average Bonchev–Trinajstić information content (AvgIpc) is 2.92. The highest BCUT2D eigenvalue weighted by Gasteiger charge is 2.40. The summed E-state index contributed by atoms with van der Waals surface area (Å²) in [6, 6.07) is 10.1. The molecule has 1 N–H and O–H groups in total. The molecule has 1 saturated carbocycles. The molecule has 2 heterocycles. The van der Waals surface area contributed by atoms with Crippen molar-refractivity contribution in [3.63, 3.8) is 0 Å². The van der Waals surface area contributed by atoms with Crippen molar-refractivity contribution < 1.29 is 4.79 Å². The van der Waals surface area contributed by atoms with Gasteiger partial charge in [0.15, 0.2) is 0 Å². The molecule has 25 heavy (non-hydrogen) atoms. The third kappa shape index (κ3) is 2.48. The molecule has 2 aromatic heterocycles. The SMILES string of the molecule is Cc1c(C(=O)NC2(c3ccccc3)CCC2)sc2ncn(C)c(=O)c12. The van der Waals surface area contributed by atoms with E-state index in [9.17, 15) is 9.59 Å². The normalized spacial score (nSPS) is 15.8. The Morgan fingerprint density at radius 2 is 2.00 bits per heavy atom. The van der Waals surface area contributed by atoms with Crippen molar-refractivity contribution in [3.05, 3.63) is 63.0 Å². The number of carbonyl (C=O) groups excluding carboxylic acids is 1. The van der Waals surface area contributed by atoms with Gasteiger partial charge in [-0.2, -0.15) is 0 Å². The fourth-order valence-electron chi connectivity index (χ4n) is 3.47. The highest BCUT2D eigenvalue weighted by Crippen LogP contribution is 2.41. The number of nitrogens with zero attached hydrogens (tertiary/aromatic N) is 2. The Morgan fingerprint density at radius 1 is 1.28 bits per heavy atom. The summed E-state index contributed by atoms with van der Waals surface area (Å²) in [5.41, 5.74) is 1.45. The van der Waals surface area contributed by atoms with Gasteiger partial charge in [0.05, 0.1) is 22.1 Å². The van der Waals surface area contributed by atoms with Crippen LogP contribution in [0.3, 0.4) is 0 Å². The van der Waals surface area contributed by atoms with Crippen LogP contribution in [0.1, 0.15) is 40.1 Å². The minimum Gasteiger partial charge on any atom is -0.342 e. The number of aryl methyl sites for hydroxylation is 2. The van der Waals surface area contributed by atoms with Crippen molar-refractivity contribution in [3.8, 4) is 0 Å². The van der Waals surface area contributed by atoms with Crippen molar-refractivity contribution >= 4 is 27.5 Å². The van der Waals surface area contributed by atoms with Crippen molar-refractivity contribution in [2.75, 3.05) is 0 Å². The maximum Gasteiger partial charge on any atom is 0.262 e. The lowest BCUT2D eigenvalue weighted by molar-refractivity contribution is 0.0827. The van der Waals surface area contributed by atoms with E-state index >= 15 is 0 Å². The lowest BCUT2D eigenvalue weighted by atomic mass is 9.71. The number of hydrogen-bond donors (Lipinski definition) is 1. The number of amides is 1. The summed E-state index contributed by atoms with van der Waals surface area (Å²) in [7, 11) is 1.67. The van der Waals surface area contributed by atoms with Gasteiger partial charge in [-0.25, -0.2) is 4.98 Å². The van der Waals surface area contributed by atoms with E-state index in [-0.39, 0.29) is 17.0 Å². The maximum absolute atomic E-state index is 13.0. The third-order valence-corrected chi connectivity index (χ3v) is 6.30. The number of carbonyl (C=O) groups is 1. The van der Waals surface area contributed by atoms with Crippen LogP contribution < -0.4 is 10.9 Å². The van der Waals surface area contributed by atoms with E-state index in [0.29, 0.717) is 20.7 Å². The number of benzene rings is 1. The van der Waals surface area contributed by atoms with Gasteiger partial charge < -0.3 is 9.88 Å². The predicted molar refractivity (Wildman–Crippen MR) is 99.0 cm³/mol. The molecule has 1 aliphatic carbocycles. The van der Waals surface area contributed by atoms with Gasteiger partial charge in [-0.1, -0.05) is 30.3 Å². The first-order chi connectivity index (χ1) is 12.0. The van der Waals surface area contributed by atoms with E-state index in [4.69, 9.17) is 0 Å². The Kier molecular flexibility index (Phi) is 3.72. The zero-order valence-electron chi connectivity index (χ0n) is 14.2. The number of rotatable bonds is 3. The summed E-state index contributed by atoms with van der Waals surface area (Å²) in [5.74, 6) is -0.119. The number of aromatic nitrogens is 2. The molecule has 0 atom stereocenters. The molecule has 3 aromatic rings. The second-order valence-corrected chi connectivity index (χ2v) is 7.65. The zero-order valence-corrected chi connectivity index (χ0v) is 15.0. The van der Waals surface area contributed by atoms with E-state index in [0.717, 1.165) is 24.8 Å². The highest BCUT2D eigenvalue weighted by atomic mass is 32.1. The van der Waals surface area contributed by atoms with Crippen LogP contribution in [0.5, 0.6) is 0 Å². The van der Waals surface area contributed by atoms with Crippen molar-refractivity contribution in [1.29, 1.82) is 0 Å². The van der Waals surface area contributed by atoms with E-state index < -0.39 is 0 Å². The molecule has 0 bridgehead atoms. The number of nitrogens with one attached hydrogen (secondary N) is 1. The van der Waals surface area contributed by atoms with Gasteiger partial charge in [0.25, 0.3) is 11.5 Å². The molecule has 0 spiro atoms. The Bertz CT molecular complexity index is 1020. The van der Waals surface area contributed by atoms with Gasteiger partial charge in [0.1, 0.15) is 4.83 Å². The van der Waals surface area contributed by atoms with Gasteiger partial charge in [0, 0.05) is 7.05 Å². The van der Waals surface area contributed by atoms with Crippen LogP contribution in [0.2, 0.25) is 0 Å². The standard InChI is InChI=1S/C19H19N3O2S/c1-12-14-17(20-11-22(2)18(14)24)25-15(12)16(23)21-19(9-6-10-19)13-7-4-3-5-8-13/h3-5,7-8,11H,6,9-10H2,1-2H3,(H,21,23). The first-order valence-corrected chi connectivity index (χ1v) is 9.16. The van der Waals surface area contributed by atoms with Gasteiger partial charge in [0.2, 0.25) is 0 Å².